The number of hydrogen-bond acceptors (Lipinski definition) is 8. The van der Waals surface area contributed by atoms with Gasteiger partial charge in [0, 0.05) is 37.0 Å². The number of aliphatic hydroxyl groups excluding tert-OH is 1. The molecule has 3 aromatic rings. The lowest BCUT2D eigenvalue weighted by Crippen LogP contribution is -2.52. The maximum atomic E-state index is 13.1. The number of halogens is 1. The van der Waals surface area contributed by atoms with Crippen molar-refractivity contribution in [1.82, 2.24) is 15.5 Å². The molecule has 178 valence electrons. The zero-order chi connectivity index (χ0) is 23.7. The number of amides is 1. The minimum absolute atomic E-state index is 0.0670. The minimum Gasteiger partial charge on any atom is -0.441 e. The minimum atomic E-state index is -1.23. The molecule has 1 spiro atoms. The van der Waals surface area contributed by atoms with Crippen LogP contribution in [0.2, 0.25) is 0 Å². The Balaban J connectivity index is 1.08. The molecule has 2 aliphatic rings. The summed E-state index contributed by atoms with van der Waals surface area (Å²) >= 11 is 0. The highest BCUT2D eigenvalue weighted by molar-refractivity contribution is 5.68. The number of carbonyl (C=O) groups excluding carboxylic acids is 1. The van der Waals surface area contributed by atoms with E-state index in [9.17, 15) is 14.3 Å². The van der Waals surface area contributed by atoms with Crippen LogP contribution in [-0.4, -0.2) is 40.5 Å². The van der Waals surface area contributed by atoms with Crippen LogP contribution >= 0.6 is 0 Å². The third-order valence-corrected chi connectivity index (χ3v) is 6.59. The van der Waals surface area contributed by atoms with Gasteiger partial charge >= 0.3 is 6.09 Å². The van der Waals surface area contributed by atoms with Crippen LogP contribution in [0.15, 0.2) is 53.2 Å². The molecular weight excluding hydrogens is 441 g/mol. The fourth-order valence-electron chi connectivity index (χ4n) is 4.82. The van der Waals surface area contributed by atoms with Crippen molar-refractivity contribution in [2.75, 3.05) is 18.0 Å². The number of aromatic nitrogens is 2. The second kappa shape index (κ2) is 9.03. The molecule has 1 saturated heterocycles. The van der Waals surface area contributed by atoms with Crippen LogP contribution in [0.4, 0.5) is 15.0 Å². The number of nitrogens with zero attached hydrogens (tertiary/aromatic N) is 3. The van der Waals surface area contributed by atoms with Crippen LogP contribution in [0, 0.1) is 11.2 Å². The third-order valence-electron chi connectivity index (χ3n) is 6.59. The Morgan fingerprint density at radius 3 is 2.74 bits per heavy atom. The summed E-state index contributed by atoms with van der Waals surface area (Å²) in [7, 11) is 0. The maximum absolute atomic E-state index is 13.1. The highest BCUT2D eigenvalue weighted by Crippen LogP contribution is 2.49. The van der Waals surface area contributed by atoms with Crippen molar-refractivity contribution in [2.45, 2.75) is 38.1 Å². The smallest absolute Gasteiger partial charge is 0.407 e. The molecule has 2 fully saturated rings. The Morgan fingerprint density at radius 1 is 1.29 bits per heavy atom. The lowest BCUT2D eigenvalue weighted by atomic mass is 9.65. The van der Waals surface area contributed by atoms with E-state index >= 15 is 0 Å². The Kier molecular flexibility index (Phi) is 5.93. The van der Waals surface area contributed by atoms with Gasteiger partial charge in [0.05, 0.1) is 0 Å². The third kappa shape index (κ3) is 4.73. The molecule has 1 amide bonds. The summed E-state index contributed by atoms with van der Waals surface area (Å²) in [5.74, 6) is 0.977. The van der Waals surface area contributed by atoms with Crippen LogP contribution in [0.25, 0.3) is 11.1 Å². The Labute approximate surface area is 195 Å². The van der Waals surface area contributed by atoms with Gasteiger partial charge in [-0.15, -0.1) is 0 Å². The van der Waals surface area contributed by atoms with Gasteiger partial charge in [0.1, 0.15) is 23.6 Å². The first-order valence-electron chi connectivity index (χ1n) is 11.2. The van der Waals surface area contributed by atoms with Crippen molar-refractivity contribution < 1.29 is 23.6 Å². The molecule has 1 unspecified atom stereocenters. The SMILES string of the molecule is NC(O)c1cc(COC(=O)NC2CC3(CCN(c4ccc(-c5ccc(F)cc5)cn4)C3)C2)on1. The number of anilines is 1. The zero-order valence-corrected chi connectivity index (χ0v) is 18.5. The van der Waals surface area contributed by atoms with Crippen molar-refractivity contribution in [3.63, 3.8) is 0 Å². The van der Waals surface area contributed by atoms with Gasteiger partial charge in [-0.1, -0.05) is 17.3 Å². The number of nitrogens with two attached hydrogens (primary N) is 1. The Bertz CT molecular complexity index is 1140. The van der Waals surface area contributed by atoms with E-state index in [0.29, 0.717) is 5.76 Å². The van der Waals surface area contributed by atoms with Crippen LogP contribution in [-0.2, 0) is 11.3 Å². The van der Waals surface area contributed by atoms with E-state index in [1.54, 1.807) is 12.1 Å². The van der Waals surface area contributed by atoms with Gasteiger partial charge in [-0.2, -0.15) is 0 Å². The molecule has 1 atom stereocenters. The molecule has 0 bridgehead atoms. The number of hydrogen-bond donors (Lipinski definition) is 3. The highest BCUT2D eigenvalue weighted by atomic mass is 19.1. The van der Waals surface area contributed by atoms with Gasteiger partial charge in [-0.05, 0) is 54.5 Å². The predicted molar refractivity (Wildman–Crippen MR) is 121 cm³/mol. The molecule has 34 heavy (non-hydrogen) atoms. The molecule has 3 heterocycles. The average molecular weight is 468 g/mol. The zero-order valence-electron chi connectivity index (χ0n) is 18.5. The summed E-state index contributed by atoms with van der Waals surface area (Å²) in [6.45, 7) is 1.73. The van der Waals surface area contributed by atoms with E-state index in [4.69, 9.17) is 15.0 Å². The first-order valence-corrected chi connectivity index (χ1v) is 11.2. The molecule has 5 rings (SSSR count). The number of nitrogens with one attached hydrogen (secondary N) is 1. The number of ether oxygens (including phenoxy) is 1. The monoisotopic (exact) mass is 467 g/mol. The van der Waals surface area contributed by atoms with Gasteiger partial charge in [-0.25, -0.2) is 14.2 Å². The Morgan fingerprint density at radius 2 is 2.06 bits per heavy atom. The fourth-order valence-corrected chi connectivity index (χ4v) is 4.82. The van der Waals surface area contributed by atoms with E-state index in [-0.39, 0.29) is 29.6 Å². The van der Waals surface area contributed by atoms with Crippen LogP contribution in [0.5, 0.6) is 0 Å². The van der Waals surface area contributed by atoms with Gasteiger partial charge < -0.3 is 30.3 Å². The number of rotatable bonds is 6. The first-order chi connectivity index (χ1) is 16.4. The number of alkyl carbamates (subject to hydrolysis) is 1. The molecule has 1 aliphatic heterocycles. The van der Waals surface area contributed by atoms with Crippen molar-refractivity contribution in [2.24, 2.45) is 11.1 Å². The number of carbonyl (C=O) groups is 1. The topological polar surface area (TPSA) is 127 Å². The second-order valence-electron chi connectivity index (χ2n) is 9.07. The van der Waals surface area contributed by atoms with E-state index < -0.39 is 12.3 Å². The molecule has 2 aromatic heterocycles. The lowest BCUT2D eigenvalue weighted by molar-refractivity contribution is 0.0822. The molecule has 4 N–H and O–H groups in total. The largest absolute Gasteiger partial charge is 0.441 e. The summed E-state index contributed by atoms with van der Waals surface area (Å²) < 4.78 is 23.3. The van der Waals surface area contributed by atoms with E-state index in [1.165, 1.54) is 18.2 Å². The van der Waals surface area contributed by atoms with Crippen LogP contribution in [0.1, 0.15) is 36.9 Å². The quantitative estimate of drug-likeness (QED) is 0.472. The predicted octanol–water partition coefficient (Wildman–Crippen LogP) is 3.11. The van der Waals surface area contributed by atoms with Crippen molar-refractivity contribution in [1.29, 1.82) is 0 Å². The summed E-state index contributed by atoms with van der Waals surface area (Å²) in [6, 6.07) is 11.9. The molecule has 0 radical (unpaired) electrons. The van der Waals surface area contributed by atoms with E-state index in [1.807, 2.05) is 18.3 Å². The van der Waals surface area contributed by atoms with E-state index in [0.717, 1.165) is 49.3 Å². The average Bonchev–Trinajstić information content (AvgIpc) is 3.46. The fraction of sp³-hybridized carbons (Fsp3) is 0.375. The first kappa shape index (κ1) is 22.3. The van der Waals surface area contributed by atoms with Gasteiger partial charge in [0.25, 0.3) is 0 Å². The highest BCUT2D eigenvalue weighted by Gasteiger charge is 2.49. The summed E-state index contributed by atoms with van der Waals surface area (Å²) in [5.41, 5.74) is 7.54. The molecule has 10 heteroatoms. The van der Waals surface area contributed by atoms with Gasteiger partial charge in [0.15, 0.2) is 12.4 Å². The number of aliphatic hydroxyl groups is 1. The van der Waals surface area contributed by atoms with Crippen molar-refractivity contribution in [3.8, 4) is 11.1 Å². The molecule has 1 aromatic carbocycles. The molecular formula is C24H26FN5O4. The van der Waals surface area contributed by atoms with Gasteiger partial charge in [-0.3, -0.25) is 0 Å². The van der Waals surface area contributed by atoms with E-state index in [2.05, 4.69) is 20.4 Å². The summed E-state index contributed by atoms with van der Waals surface area (Å²) in [5, 5.41) is 15.7. The second-order valence-corrected chi connectivity index (χ2v) is 9.07. The van der Waals surface area contributed by atoms with Crippen LogP contribution in [0.3, 0.4) is 0 Å². The lowest BCUT2D eigenvalue weighted by Gasteiger charge is -2.45. The number of pyridine rings is 1. The normalized spacial score (nSPS) is 22.4. The van der Waals surface area contributed by atoms with Gasteiger partial charge in [0.2, 0.25) is 0 Å². The number of benzene rings is 1. The van der Waals surface area contributed by atoms with Crippen molar-refractivity contribution in [3.05, 3.63) is 65.9 Å². The summed E-state index contributed by atoms with van der Waals surface area (Å²) in [4.78, 5) is 19.0. The Hall–Kier alpha value is -3.50. The summed E-state index contributed by atoms with van der Waals surface area (Å²) in [6.07, 6.45) is 2.89. The standard InChI is InChI=1S/C24H26FN5O4/c25-17-4-1-15(2-5-17)16-3-6-21(27-12-16)30-8-7-24(14-30)10-18(11-24)28-23(32)33-13-19-9-20(22(26)31)29-34-19/h1-6,9,12,18,22,31H,7-8,10-11,13-14,26H2,(H,28,32). The molecule has 9 nitrogen and oxygen atoms in total. The molecule has 1 saturated carbocycles. The van der Waals surface area contributed by atoms with Crippen molar-refractivity contribution >= 4 is 11.9 Å². The van der Waals surface area contributed by atoms with Crippen LogP contribution < -0.4 is 16.0 Å². The molecule has 1 aliphatic carbocycles. The maximum Gasteiger partial charge on any atom is 0.407 e.